The number of hydrogen-bond acceptors (Lipinski definition) is 5. The number of aromatic nitrogens is 1. The largest absolute Gasteiger partial charge is 0.478 e. The number of pyridine rings is 1. The molecule has 2 aromatic heterocycles. The minimum atomic E-state index is -1.01. The molecular formula is C24H27N3O3S. The second-order valence-electron chi connectivity index (χ2n) is 8.91. The number of amides is 1. The summed E-state index contributed by atoms with van der Waals surface area (Å²) in [7, 11) is 0. The standard InChI is InChI=1S/C24H27N3O3S/c1-4-24(2,3)15-7-10-18-14(11-15)12-17-19(25)20(31-22(17)27-18)21(28)26-16-8-5-13(6-9-16)23(29)30/h5-6,8-9,12,15H,4,7,10-11,25H2,1-3H3,(H,26,28)(H,29,30). The second kappa shape index (κ2) is 7.96. The molecule has 3 aromatic rings. The van der Waals surface area contributed by atoms with Crippen LogP contribution in [0.4, 0.5) is 11.4 Å². The molecule has 4 rings (SSSR count). The molecule has 31 heavy (non-hydrogen) atoms. The Morgan fingerprint density at radius 3 is 2.65 bits per heavy atom. The summed E-state index contributed by atoms with van der Waals surface area (Å²) in [6.07, 6.45) is 4.22. The van der Waals surface area contributed by atoms with Gasteiger partial charge in [0.2, 0.25) is 0 Å². The molecule has 1 aliphatic rings. The molecule has 0 saturated heterocycles. The van der Waals surface area contributed by atoms with E-state index < -0.39 is 5.97 Å². The zero-order valence-electron chi connectivity index (χ0n) is 18.0. The number of nitrogens with two attached hydrogens (primary N) is 1. The highest BCUT2D eigenvalue weighted by atomic mass is 32.1. The first-order chi connectivity index (χ1) is 14.7. The molecule has 0 aliphatic heterocycles. The van der Waals surface area contributed by atoms with E-state index in [2.05, 4.69) is 32.2 Å². The number of fused-ring (bicyclic) bond motifs is 2. The van der Waals surface area contributed by atoms with Gasteiger partial charge in [-0.1, -0.05) is 27.2 Å². The molecule has 1 atom stereocenters. The van der Waals surface area contributed by atoms with Crippen LogP contribution in [0.5, 0.6) is 0 Å². The van der Waals surface area contributed by atoms with Gasteiger partial charge >= 0.3 is 5.97 Å². The Kier molecular flexibility index (Phi) is 5.47. The van der Waals surface area contributed by atoms with Crippen molar-refractivity contribution in [2.24, 2.45) is 11.3 Å². The number of anilines is 2. The van der Waals surface area contributed by atoms with Crippen molar-refractivity contribution >= 4 is 44.8 Å². The lowest BCUT2D eigenvalue weighted by Crippen LogP contribution is -2.29. The van der Waals surface area contributed by atoms with Gasteiger partial charge in [-0.05, 0) is 66.5 Å². The zero-order valence-corrected chi connectivity index (χ0v) is 18.8. The third kappa shape index (κ3) is 4.02. The molecule has 0 spiro atoms. The minimum absolute atomic E-state index is 0.165. The summed E-state index contributed by atoms with van der Waals surface area (Å²) in [5.41, 5.74) is 10.1. The van der Waals surface area contributed by atoms with E-state index >= 15 is 0 Å². The summed E-state index contributed by atoms with van der Waals surface area (Å²) in [4.78, 5) is 29.9. The van der Waals surface area contributed by atoms with Crippen LogP contribution in [0.1, 0.15) is 64.9 Å². The van der Waals surface area contributed by atoms with Crippen molar-refractivity contribution in [1.29, 1.82) is 0 Å². The Balaban J connectivity index is 1.61. The Labute approximate surface area is 185 Å². The first-order valence-corrected chi connectivity index (χ1v) is 11.4. The monoisotopic (exact) mass is 437 g/mol. The van der Waals surface area contributed by atoms with E-state index in [0.717, 1.165) is 41.6 Å². The molecule has 0 fully saturated rings. The molecule has 6 nitrogen and oxygen atoms in total. The molecule has 0 saturated carbocycles. The van der Waals surface area contributed by atoms with Gasteiger partial charge in [0.05, 0.1) is 11.3 Å². The number of benzene rings is 1. The fourth-order valence-corrected chi connectivity index (χ4v) is 5.19. The van der Waals surface area contributed by atoms with Crippen molar-refractivity contribution in [3.63, 3.8) is 0 Å². The van der Waals surface area contributed by atoms with Crippen molar-refractivity contribution in [3.05, 3.63) is 52.0 Å². The zero-order chi connectivity index (χ0) is 22.3. The highest BCUT2D eigenvalue weighted by Crippen LogP contribution is 2.42. The lowest BCUT2D eigenvalue weighted by atomic mass is 9.69. The second-order valence-corrected chi connectivity index (χ2v) is 9.91. The quantitative estimate of drug-likeness (QED) is 0.498. The average Bonchev–Trinajstić information content (AvgIpc) is 3.07. The number of nitrogens with zero attached hydrogens (tertiary/aromatic N) is 1. The predicted octanol–water partition coefficient (Wildman–Crippen LogP) is 5.37. The molecule has 0 bridgehead atoms. The SMILES string of the molecule is CCC(C)(C)C1CCc2nc3sc(C(=O)Nc4ccc(C(=O)O)cc4)c(N)c3cc2C1. The summed E-state index contributed by atoms with van der Waals surface area (Å²) in [5, 5.41) is 12.6. The molecule has 1 amide bonds. The average molecular weight is 438 g/mol. The Morgan fingerprint density at radius 2 is 2.00 bits per heavy atom. The first kappa shape index (κ1) is 21.3. The number of carbonyl (C=O) groups is 2. The summed E-state index contributed by atoms with van der Waals surface area (Å²) >= 11 is 1.30. The minimum Gasteiger partial charge on any atom is -0.478 e. The van der Waals surface area contributed by atoms with Crippen LogP contribution in [0.3, 0.4) is 0 Å². The molecule has 2 heterocycles. The number of hydrogen-bond donors (Lipinski definition) is 3. The summed E-state index contributed by atoms with van der Waals surface area (Å²) in [5.74, 6) is -0.710. The number of thiophene rings is 1. The van der Waals surface area contributed by atoms with Crippen LogP contribution in [0.2, 0.25) is 0 Å². The maximum atomic E-state index is 12.8. The topological polar surface area (TPSA) is 105 Å². The summed E-state index contributed by atoms with van der Waals surface area (Å²) in [6.45, 7) is 6.91. The molecular weight excluding hydrogens is 410 g/mol. The number of carbonyl (C=O) groups excluding carboxylic acids is 1. The summed E-state index contributed by atoms with van der Waals surface area (Å²) < 4.78 is 0. The van der Waals surface area contributed by atoms with E-state index in [4.69, 9.17) is 15.8 Å². The van der Waals surface area contributed by atoms with Crippen molar-refractivity contribution in [2.75, 3.05) is 11.1 Å². The van der Waals surface area contributed by atoms with Gasteiger partial charge in [0.1, 0.15) is 9.71 Å². The van der Waals surface area contributed by atoms with E-state index in [9.17, 15) is 9.59 Å². The molecule has 4 N–H and O–H groups in total. The number of nitrogen functional groups attached to an aromatic ring is 1. The van der Waals surface area contributed by atoms with Gasteiger partial charge in [-0.3, -0.25) is 4.79 Å². The smallest absolute Gasteiger partial charge is 0.335 e. The van der Waals surface area contributed by atoms with Gasteiger partial charge < -0.3 is 16.2 Å². The van der Waals surface area contributed by atoms with E-state index in [1.54, 1.807) is 12.1 Å². The fourth-order valence-electron chi connectivity index (χ4n) is 4.20. The number of nitrogens with one attached hydrogen (secondary N) is 1. The van der Waals surface area contributed by atoms with Gasteiger partial charge in [0, 0.05) is 16.8 Å². The van der Waals surface area contributed by atoms with E-state index in [-0.39, 0.29) is 16.9 Å². The lowest BCUT2D eigenvalue weighted by Gasteiger charge is -2.36. The third-order valence-electron chi connectivity index (χ3n) is 6.70. The Morgan fingerprint density at radius 1 is 1.29 bits per heavy atom. The Hall–Kier alpha value is -2.93. The van der Waals surface area contributed by atoms with Crippen LogP contribution in [-0.2, 0) is 12.8 Å². The van der Waals surface area contributed by atoms with Crippen LogP contribution in [-0.4, -0.2) is 22.0 Å². The van der Waals surface area contributed by atoms with Gasteiger partial charge in [0.15, 0.2) is 0 Å². The number of aromatic carboxylic acids is 1. The van der Waals surface area contributed by atoms with Crippen LogP contribution < -0.4 is 11.1 Å². The number of carboxylic acid groups (broad SMARTS) is 1. The number of carboxylic acids is 1. The lowest BCUT2D eigenvalue weighted by molar-refractivity contribution is 0.0696. The van der Waals surface area contributed by atoms with Crippen LogP contribution in [0.25, 0.3) is 10.2 Å². The molecule has 1 aliphatic carbocycles. The summed E-state index contributed by atoms with van der Waals surface area (Å²) in [6, 6.07) is 8.17. The van der Waals surface area contributed by atoms with Crippen molar-refractivity contribution in [2.45, 2.75) is 46.5 Å². The maximum Gasteiger partial charge on any atom is 0.335 e. The first-order valence-electron chi connectivity index (χ1n) is 10.5. The molecule has 7 heteroatoms. The van der Waals surface area contributed by atoms with Gasteiger partial charge in [-0.25, -0.2) is 9.78 Å². The predicted molar refractivity (Wildman–Crippen MR) is 125 cm³/mol. The Bertz CT molecular complexity index is 1170. The third-order valence-corrected chi connectivity index (χ3v) is 7.81. The molecule has 0 radical (unpaired) electrons. The van der Waals surface area contributed by atoms with E-state index in [1.165, 1.54) is 29.0 Å². The van der Waals surface area contributed by atoms with Gasteiger partial charge in [0.25, 0.3) is 5.91 Å². The highest BCUT2D eigenvalue weighted by molar-refractivity contribution is 7.21. The maximum absolute atomic E-state index is 12.8. The van der Waals surface area contributed by atoms with Crippen LogP contribution >= 0.6 is 11.3 Å². The number of aryl methyl sites for hydroxylation is 1. The van der Waals surface area contributed by atoms with Crippen LogP contribution in [0, 0.1) is 11.3 Å². The molecule has 162 valence electrons. The van der Waals surface area contributed by atoms with Crippen molar-refractivity contribution in [1.82, 2.24) is 4.98 Å². The van der Waals surface area contributed by atoms with E-state index in [1.807, 2.05) is 0 Å². The number of rotatable bonds is 5. The molecule has 1 unspecified atom stereocenters. The van der Waals surface area contributed by atoms with Crippen molar-refractivity contribution < 1.29 is 14.7 Å². The van der Waals surface area contributed by atoms with Crippen LogP contribution in [0.15, 0.2) is 30.3 Å². The normalized spacial score (nSPS) is 16.2. The van der Waals surface area contributed by atoms with Gasteiger partial charge in [-0.2, -0.15) is 0 Å². The van der Waals surface area contributed by atoms with Crippen molar-refractivity contribution in [3.8, 4) is 0 Å². The van der Waals surface area contributed by atoms with Gasteiger partial charge in [-0.15, -0.1) is 11.3 Å². The molecule has 1 aromatic carbocycles. The fraction of sp³-hybridized carbons (Fsp3) is 0.375. The van der Waals surface area contributed by atoms with E-state index in [0.29, 0.717) is 22.2 Å². The highest BCUT2D eigenvalue weighted by Gasteiger charge is 2.32.